The summed E-state index contributed by atoms with van der Waals surface area (Å²) in [7, 11) is -2.09. The van der Waals surface area contributed by atoms with Crippen LogP contribution in [0.3, 0.4) is 0 Å². The van der Waals surface area contributed by atoms with Crippen LogP contribution in [0.5, 0.6) is 0 Å². The Morgan fingerprint density at radius 2 is 1.67 bits per heavy atom. The smallest absolute Gasteiger partial charge is 0.357 e. The number of nitrogens with zero attached hydrogens (tertiary/aromatic N) is 4. The molecule has 3 rings (SSSR count). The van der Waals surface area contributed by atoms with E-state index in [-0.39, 0.29) is 42.3 Å². The summed E-state index contributed by atoms with van der Waals surface area (Å²) >= 11 is 0. The van der Waals surface area contributed by atoms with Crippen LogP contribution >= 0.6 is 0 Å². The zero-order valence-corrected chi connectivity index (χ0v) is 15.8. The highest BCUT2D eigenvalue weighted by molar-refractivity contribution is 7.89. The molecule has 0 unspecified atom stereocenters. The summed E-state index contributed by atoms with van der Waals surface area (Å²) in [6.07, 6.45) is 1.36. The lowest BCUT2D eigenvalue weighted by Crippen LogP contribution is -2.50. The minimum atomic E-state index is -3.63. The van der Waals surface area contributed by atoms with Crippen molar-refractivity contribution in [3.63, 3.8) is 0 Å². The van der Waals surface area contributed by atoms with Gasteiger partial charge >= 0.3 is 5.97 Å². The molecule has 1 fully saturated rings. The lowest BCUT2D eigenvalue weighted by molar-refractivity contribution is 0.0652. The molecular weight excluding hydrogens is 372 g/mol. The van der Waals surface area contributed by atoms with Gasteiger partial charge in [0.05, 0.1) is 10.5 Å². The minimum Gasteiger partial charge on any atom is -0.476 e. The number of benzene rings is 1. The fourth-order valence-electron chi connectivity index (χ4n) is 2.96. The first kappa shape index (κ1) is 19.1. The Morgan fingerprint density at radius 3 is 2.22 bits per heavy atom. The van der Waals surface area contributed by atoms with Crippen molar-refractivity contribution in [2.45, 2.75) is 11.8 Å². The first-order valence-electron chi connectivity index (χ1n) is 8.33. The van der Waals surface area contributed by atoms with E-state index in [9.17, 15) is 23.1 Å². The number of aryl methyl sites for hydroxylation is 2. The number of piperazine rings is 1. The number of carbonyl (C=O) groups is 2. The van der Waals surface area contributed by atoms with Crippen molar-refractivity contribution >= 4 is 21.9 Å². The van der Waals surface area contributed by atoms with Gasteiger partial charge < -0.3 is 10.0 Å². The Morgan fingerprint density at radius 1 is 1.07 bits per heavy atom. The Bertz CT molecular complexity index is 973. The van der Waals surface area contributed by atoms with E-state index >= 15 is 0 Å². The molecule has 1 aromatic carbocycles. The van der Waals surface area contributed by atoms with E-state index < -0.39 is 21.9 Å². The lowest BCUT2D eigenvalue weighted by Gasteiger charge is -2.33. The molecule has 0 radical (unpaired) electrons. The van der Waals surface area contributed by atoms with Gasteiger partial charge in [-0.2, -0.15) is 9.40 Å². The summed E-state index contributed by atoms with van der Waals surface area (Å²) in [5.41, 5.74) is 0.659. The van der Waals surface area contributed by atoms with Gasteiger partial charge in [0.25, 0.3) is 5.91 Å². The molecule has 2 aromatic rings. The van der Waals surface area contributed by atoms with Gasteiger partial charge in [-0.1, -0.05) is 17.7 Å². The maximum atomic E-state index is 12.7. The molecule has 1 saturated heterocycles. The molecule has 1 amide bonds. The third kappa shape index (κ3) is 3.71. The Balaban J connectivity index is 1.73. The van der Waals surface area contributed by atoms with Crippen LogP contribution in [0.2, 0.25) is 0 Å². The van der Waals surface area contributed by atoms with E-state index in [2.05, 4.69) is 5.10 Å². The van der Waals surface area contributed by atoms with Crippen molar-refractivity contribution in [1.29, 1.82) is 0 Å². The normalized spacial score (nSPS) is 15.7. The van der Waals surface area contributed by atoms with E-state index in [1.54, 1.807) is 24.3 Å². The summed E-state index contributed by atoms with van der Waals surface area (Å²) < 4.78 is 28.1. The van der Waals surface area contributed by atoms with E-state index in [1.807, 2.05) is 6.92 Å². The molecule has 1 aliphatic heterocycles. The third-order valence-electron chi connectivity index (χ3n) is 4.45. The Kier molecular flexibility index (Phi) is 5.03. The van der Waals surface area contributed by atoms with Crippen LogP contribution in [0, 0.1) is 6.92 Å². The maximum Gasteiger partial charge on any atom is 0.357 e. The second-order valence-electron chi connectivity index (χ2n) is 6.38. The van der Waals surface area contributed by atoms with Crippen molar-refractivity contribution in [3.05, 3.63) is 47.3 Å². The number of carbonyl (C=O) groups excluding carboxylic acids is 1. The number of hydrogen-bond acceptors (Lipinski definition) is 5. The quantitative estimate of drug-likeness (QED) is 0.814. The van der Waals surface area contributed by atoms with Crippen LogP contribution in [0.15, 0.2) is 35.4 Å². The van der Waals surface area contributed by atoms with Crippen molar-refractivity contribution in [2.75, 3.05) is 26.2 Å². The largest absolute Gasteiger partial charge is 0.476 e. The Labute approximate surface area is 156 Å². The standard InChI is InChI=1S/C17H20N4O5S/c1-12-3-5-13(6-4-12)27(25,26)21-9-7-20(8-10-21)16(22)14-11-19(2)18-15(14)17(23)24/h3-6,11H,7-10H2,1-2H3,(H,23,24). The van der Waals surface area contributed by atoms with Gasteiger partial charge in [-0.05, 0) is 19.1 Å². The average molecular weight is 392 g/mol. The fourth-order valence-corrected chi connectivity index (χ4v) is 4.39. The third-order valence-corrected chi connectivity index (χ3v) is 6.36. The lowest BCUT2D eigenvalue weighted by atomic mass is 10.2. The summed E-state index contributed by atoms with van der Waals surface area (Å²) in [4.78, 5) is 25.6. The molecule has 0 spiro atoms. The van der Waals surface area contributed by atoms with Crippen molar-refractivity contribution in [2.24, 2.45) is 7.05 Å². The van der Waals surface area contributed by atoms with Crippen LogP contribution < -0.4 is 0 Å². The summed E-state index contributed by atoms with van der Waals surface area (Å²) in [6, 6.07) is 6.61. The molecule has 2 heterocycles. The Hall–Kier alpha value is -2.72. The molecule has 1 N–H and O–H groups in total. The number of aromatic nitrogens is 2. The highest BCUT2D eigenvalue weighted by atomic mass is 32.2. The van der Waals surface area contributed by atoms with Crippen molar-refractivity contribution in [3.8, 4) is 0 Å². The van der Waals surface area contributed by atoms with Crippen LogP contribution in [-0.4, -0.2) is 70.6 Å². The zero-order chi connectivity index (χ0) is 19.8. The van der Waals surface area contributed by atoms with Crippen molar-refractivity contribution < 1.29 is 23.1 Å². The summed E-state index contributed by atoms with van der Waals surface area (Å²) in [5.74, 6) is -1.74. The molecule has 0 bridgehead atoms. The van der Waals surface area contributed by atoms with Gasteiger partial charge in [-0.25, -0.2) is 13.2 Å². The predicted octanol–water partition coefficient (Wildman–Crippen LogP) is 0.573. The van der Waals surface area contributed by atoms with Gasteiger partial charge in [-0.3, -0.25) is 9.48 Å². The molecule has 144 valence electrons. The predicted molar refractivity (Wildman–Crippen MR) is 96.0 cm³/mol. The van der Waals surface area contributed by atoms with Gasteiger partial charge in [0.15, 0.2) is 5.69 Å². The topological polar surface area (TPSA) is 113 Å². The van der Waals surface area contributed by atoms with Gasteiger partial charge in [-0.15, -0.1) is 0 Å². The monoisotopic (exact) mass is 392 g/mol. The summed E-state index contributed by atoms with van der Waals surface area (Å²) in [5, 5.41) is 13.0. The van der Waals surface area contributed by atoms with Gasteiger partial charge in [0, 0.05) is 39.4 Å². The van der Waals surface area contributed by atoms with Gasteiger partial charge in [0.2, 0.25) is 10.0 Å². The number of carboxylic acid groups (broad SMARTS) is 1. The molecule has 0 aliphatic carbocycles. The zero-order valence-electron chi connectivity index (χ0n) is 15.0. The number of aromatic carboxylic acids is 1. The minimum absolute atomic E-state index is 0.000147. The SMILES string of the molecule is Cc1ccc(S(=O)(=O)N2CCN(C(=O)c3cn(C)nc3C(=O)O)CC2)cc1. The number of hydrogen-bond donors (Lipinski definition) is 1. The highest BCUT2D eigenvalue weighted by Crippen LogP contribution is 2.19. The van der Waals surface area contributed by atoms with E-state index in [4.69, 9.17) is 0 Å². The molecule has 0 atom stereocenters. The van der Waals surface area contributed by atoms with Gasteiger partial charge in [0.1, 0.15) is 0 Å². The van der Waals surface area contributed by atoms with Crippen LogP contribution in [0.25, 0.3) is 0 Å². The molecule has 1 aliphatic rings. The van der Waals surface area contributed by atoms with Crippen molar-refractivity contribution in [1.82, 2.24) is 19.0 Å². The molecular formula is C17H20N4O5S. The van der Waals surface area contributed by atoms with Crippen LogP contribution in [0.1, 0.15) is 26.4 Å². The fraction of sp³-hybridized carbons (Fsp3) is 0.353. The first-order chi connectivity index (χ1) is 12.7. The second kappa shape index (κ2) is 7.12. The van der Waals surface area contributed by atoms with Crippen LogP contribution in [0.4, 0.5) is 0 Å². The molecule has 0 saturated carbocycles. The molecule has 27 heavy (non-hydrogen) atoms. The molecule has 1 aromatic heterocycles. The number of carboxylic acids is 1. The molecule has 10 heteroatoms. The number of rotatable bonds is 4. The highest BCUT2D eigenvalue weighted by Gasteiger charge is 2.32. The van der Waals surface area contributed by atoms with E-state index in [0.717, 1.165) is 5.56 Å². The van der Waals surface area contributed by atoms with E-state index in [0.29, 0.717) is 0 Å². The average Bonchev–Trinajstić information content (AvgIpc) is 3.04. The maximum absolute atomic E-state index is 12.7. The second-order valence-corrected chi connectivity index (χ2v) is 8.32. The number of sulfonamides is 1. The first-order valence-corrected chi connectivity index (χ1v) is 9.77. The van der Waals surface area contributed by atoms with Crippen LogP contribution in [-0.2, 0) is 17.1 Å². The van der Waals surface area contributed by atoms with E-state index in [1.165, 1.54) is 27.1 Å². The summed E-state index contributed by atoms with van der Waals surface area (Å²) in [6.45, 7) is 2.52. The molecule has 9 nitrogen and oxygen atoms in total. The number of amides is 1.